The normalized spacial score (nSPS) is 15.1. The van der Waals surface area contributed by atoms with Gasteiger partial charge >= 0.3 is 0 Å². The molecule has 5 rings (SSSR count). The van der Waals surface area contributed by atoms with Crippen molar-refractivity contribution in [2.24, 2.45) is 5.92 Å². The first-order valence-corrected chi connectivity index (χ1v) is 13.2. The van der Waals surface area contributed by atoms with Crippen LogP contribution in [-0.4, -0.2) is 28.2 Å². The zero-order chi connectivity index (χ0) is 22.9. The van der Waals surface area contributed by atoms with E-state index in [4.69, 9.17) is 0 Å². The van der Waals surface area contributed by atoms with Crippen LogP contribution in [0.2, 0.25) is 0 Å². The van der Waals surface area contributed by atoms with E-state index in [0.29, 0.717) is 11.7 Å². The monoisotopic (exact) mass is 477 g/mol. The van der Waals surface area contributed by atoms with Crippen LogP contribution in [0.3, 0.4) is 0 Å². The Morgan fingerprint density at radius 1 is 1.24 bits per heavy atom. The van der Waals surface area contributed by atoms with Gasteiger partial charge in [-0.25, -0.2) is 4.98 Å². The molecule has 2 aliphatic rings. The van der Waals surface area contributed by atoms with Gasteiger partial charge < -0.3 is 10.2 Å². The number of benzene rings is 2. The number of carbonyl (C=O) groups is 2. The number of aryl methyl sites for hydroxylation is 1. The third-order valence-corrected chi connectivity index (χ3v) is 8.36. The lowest BCUT2D eigenvalue weighted by molar-refractivity contribution is -0.114. The number of anilines is 1. The topological polar surface area (TPSA) is 62.3 Å². The molecule has 2 heterocycles. The van der Waals surface area contributed by atoms with Crippen LogP contribution < -0.4 is 5.32 Å². The minimum atomic E-state index is -0.125. The van der Waals surface area contributed by atoms with E-state index in [2.05, 4.69) is 34.6 Å². The van der Waals surface area contributed by atoms with Gasteiger partial charge in [-0.3, -0.25) is 9.59 Å². The number of hydrogen-bond donors (Lipinski definition) is 1. The average Bonchev–Trinajstić information content (AvgIpc) is 3.48. The van der Waals surface area contributed by atoms with E-state index < -0.39 is 0 Å². The number of amides is 2. The first-order chi connectivity index (χ1) is 16.0. The second-order valence-corrected chi connectivity index (χ2v) is 10.9. The minimum Gasteiger partial charge on any atom is -0.334 e. The third-order valence-electron chi connectivity index (χ3n) is 6.13. The minimum absolute atomic E-state index is 0.125. The van der Waals surface area contributed by atoms with Gasteiger partial charge in [0.05, 0.1) is 16.1 Å². The van der Waals surface area contributed by atoms with Crippen molar-refractivity contribution in [1.29, 1.82) is 0 Å². The van der Waals surface area contributed by atoms with Crippen molar-refractivity contribution in [1.82, 2.24) is 9.88 Å². The number of rotatable bonds is 8. The molecule has 0 spiro atoms. The molecule has 1 aliphatic heterocycles. The smallest absolute Gasteiger partial charge is 0.255 e. The van der Waals surface area contributed by atoms with E-state index in [1.807, 2.05) is 30.0 Å². The van der Waals surface area contributed by atoms with Gasteiger partial charge in [0.2, 0.25) is 5.91 Å². The molecular weight excluding hydrogens is 450 g/mol. The zero-order valence-electron chi connectivity index (χ0n) is 18.9. The summed E-state index contributed by atoms with van der Waals surface area (Å²) in [5, 5.41) is 3.41. The van der Waals surface area contributed by atoms with Crippen LogP contribution >= 0.6 is 23.1 Å². The van der Waals surface area contributed by atoms with Gasteiger partial charge in [0.25, 0.3) is 5.91 Å². The Kier molecular flexibility index (Phi) is 6.25. The Morgan fingerprint density at radius 2 is 2.03 bits per heavy atom. The Morgan fingerprint density at radius 3 is 2.76 bits per heavy atom. The van der Waals surface area contributed by atoms with Crippen LogP contribution in [0.1, 0.15) is 53.4 Å². The predicted molar refractivity (Wildman–Crippen MR) is 135 cm³/mol. The first-order valence-electron chi connectivity index (χ1n) is 11.4. The van der Waals surface area contributed by atoms with Crippen LogP contribution in [0.4, 0.5) is 5.13 Å². The maximum atomic E-state index is 13.4. The van der Waals surface area contributed by atoms with Crippen molar-refractivity contribution < 1.29 is 9.59 Å². The molecule has 2 amide bonds. The molecule has 3 aromatic rings. The summed E-state index contributed by atoms with van der Waals surface area (Å²) in [7, 11) is 0. The molecular formula is C26H27N3O2S2. The Bertz CT molecular complexity index is 1200. The Labute approximate surface area is 202 Å². The van der Waals surface area contributed by atoms with Gasteiger partial charge in [0.1, 0.15) is 0 Å². The van der Waals surface area contributed by atoms with Gasteiger partial charge in [0.15, 0.2) is 5.13 Å². The largest absolute Gasteiger partial charge is 0.334 e. The number of nitrogens with one attached hydrogen (secondary N) is 1. The summed E-state index contributed by atoms with van der Waals surface area (Å²) in [5.41, 5.74) is 5.14. The van der Waals surface area contributed by atoms with Gasteiger partial charge in [-0.1, -0.05) is 54.5 Å². The number of nitrogens with zero attached hydrogens (tertiary/aromatic N) is 2. The predicted octanol–water partition coefficient (Wildman–Crippen LogP) is 6.13. The highest BCUT2D eigenvalue weighted by Crippen LogP contribution is 2.41. The van der Waals surface area contributed by atoms with E-state index in [-0.39, 0.29) is 11.8 Å². The first kappa shape index (κ1) is 22.2. The second-order valence-electron chi connectivity index (χ2n) is 8.86. The number of hydrogen-bond acceptors (Lipinski definition) is 5. The number of fused-ring (bicyclic) bond motifs is 1. The number of thiazole rings is 1. The maximum absolute atomic E-state index is 13.4. The highest BCUT2D eigenvalue weighted by Gasteiger charge is 2.32. The molecule has 2 aromatic carbocycles. The summed E-state index contributed by atoms with van der Waals surface area (Å²) in [6, 6.07) is 14.6. The molecule has 33 heavy (non-hydrogen) atoms. The SMILES string of the molecule is CC(=O)Nc1nc(C)c(-c2cc3c(c(SCc4ccccc4)c2)C(=O)N(CCC2CC2)C3)s1. The van der Waals surface area contributed by atoms with Crippen molar-refractivity contribution in [2.75, 3.05) is 11.9 Å². The molecule has 0 radical (unpaired) electrons. The van der Waals surface area contributed by atoms with Gasteiger partial charge in [-0.05, 0) is 48.1 Å². The van der Waals surface area contributed by atoms with Crippen LogP contribution in [0.15, 0.2) is 47.4 Å². The molecule has 5 nitrogen and oxygen atoms in total. The lowest BCUT2D eigenvalue weighted by Crippen LogP contribution is -2.25. The van der Waals surface area contributed by atoms with Gasteiger partial charge in [0, 0.05) is 30.7 Å². The van der Waals surface area contributed by atoms with E-state index in [0.717, 1.165) is 56.8 Å². The van der Waals surface area contributed by atoms with Crippen molar-refractivity contribution in [3.63, 3.8) is 0 Å². The molecule has 0 atom stereocenters. The van der Waals surface area contributed by atoms with Crippen molar-refractivity contribution in [3.8, 4) is 10.4 Å². The summed E-state index contributed by atoms with van der Waals surface area (Å²) >= 11 is 3.20. The Hall–Kier alpha value is -2.64. The second kappa shape index (κ2) is 9.31. The molecule has 1 saturated carbocycles. The lowest BCUT2D eigenvalue weighted by atomic mass is 10.0. The summed E-state index contributed by atoms with van der Waals surface area (Å²) in [6.45, 7) is 4.97. The zero-order valence-corrected chi connectivity index (χ0v) is 20.5. The number of thioether (sulfide) groups is 1. The van der Waals surface area contributed by atoms with Crippen LogP contribution in [-0.2, 0) is 17.1 Å². The average molecular weight is 478 g/mol. The number of carbonyl (C=O) groups excluding carboxylic acids is 2. The van der Waals surface area contributed by atoms with Crippen molar-refractivity contribution in [3.05, 3.63) is 64.8 Å². The van der Waals surface area contributed by atoms with E-state index >= 15 is 0 Å². The maximum Gasteiger partial charge on any atom is 0.255 e. The lowest BCUT2D eigenvalue weighted by Gasteiger charge is -2.15. The summed E-state index contributed by atoms with van der Waals surface area (Å²) < 4.78 is 0. The van der Waals surface area contributed by atoms with Gasteiger partial charge in [-0.2, -0.15) is 0 Å². The molecule has 0 unspecified atom stereocenters. The standard InChI is InChI=1S/C26H27N3O2S2/c1-16-24(33-26(27-16)28-17(2)30)20-12-21-14-29(11-10-18-8-9-18)25(31)23(21)22(13-20)32-15-19-6-4-3-5-7-19/h3-7,12-13,18H,8-11,14-15H2,1-2H3,(H,27,28,30). The van der Waals surface area contributed by atoms with Crippen LogP contribution in [0.25, 0.3) is 10.4 Å². The fraction of sp³-hybridized carbons (Fsp3) is 0.346. The van der Waals surface area contributed by atoms with Crippen LogP contribution in [0, 0.1) is 12.8 Å². The summed E-state index contributed by atoms with van der Waals surface area (Å²) in [5.74, 6) is 1.65. The molecule has 1 aliphatic carbocycles. The highest BCUT2D eigenvalue weighted by molar-refractivity contribution is 7.98. The van der Waals surface area contributed by atoms with E-state index in [1.165, 1.54) is 36.7 Å². The Balaban J connectivity index is 1.48. The molecule has 170 valence electrons. The molecule has 1 N–H and O–H groups in total. The summed E-state index contributed by atoms with van der Waals surface area (Å²) in [4.78, 5) is 33.5. The van der Waals surface area contributed by atoms with Crippen LogP contribution in [0.5, 0.6) is 0 Å². The fourth-order valence-corrected chi connectivity index (χ4v) is 6.34. The summed E-state index contributed by atoms with van der Waals surface area (Å²) in [6.07, 6.45) is 3.71. The molecule has 0 bridgehead atoms. The van der Waals surface area contributed by atoms with E-state index in [9.17, 15) is 9.59 Å². The number of aromatic nitrogens is 1. The molecule has 1 aromatic heterocycles. The molecule has 7 heteroatoms. The van der Waals surface area contributed by atoms with Crippen molar-refractivity contribution in [2.45, 2.75) is 50.3 Å². The molecule has 0 saturated heterocycles. The quantitative estimate of drug-likeness (QED) is 0.397. The fourth-order valence-electron chi connectivity index (χ4n) is 4.25. The molecule has 1 fully saturated rings. The van der Waals surface area contributed by atoms with Gasteiger partial charge in [-0.15, -0.1) is 11.8 Å². The van der Waals surface area contributed by atoms with Crippen molar-refractivity contribution >= 4 is 40.0 Å². The highest BCUT2D eigenvalue weighted by atomic mass is 32.2. The van der Waals surface area contributed by atoms with E-state index in [1.54, 1.807) is 11.8 Å². The third kappa shape index (κ3) is 4.99.